The number of para-hydroxylation sites is 2. The van der Waals surface area contributed by atoms with Crippen LogP contribution in [0.4, 0.5) is 15.8 Å². The SMILES string of the molecule is CN(CC(=O)N1CCC(F)(C(=O)O)C1)c1ccccc1[N+](=O)[O-]. The first-order valence-electron chi connectivity index (χ1n) is 6.89. The van der Waals surface area contributed by atoms with E-state index in [1.165, 1.54) is 30.1 Å². The molecule has 1 aromatic carbocycles. The van der Waals surface area contributed by atoms with Crippen LogP contribution in [0.2, 0.25) is 0 Å². The van der Waals surface area contributed by atoms with Gasteiger partial charge in [-0.25, -0.2) is 9.18 Å². The average Bonchev–Trinajstić information content (AvgIpc) is 2.91. The smallest absolute Gasteiger partial charge is 0.343 e. The zero-order valence-corrected chi connectivity index (χ0v) is 12.4. The summed E-state index contributed by atoms with van der Waals surface area (Å²) in [5.74, 6) is -2.06. The van der Waals surface area contributed by atoms with E-state index in [4.69, 9.17) is 5.11 Å². The van der Waals surface area contributed by atoms with Crippen molar-refractivity contribution in [1.82, 2.24) is 4.90 Å². The van der Waals surface area contributed by atoms with Gasteiger partial charge in [-0.3, -0.25) is 14.9 Å². The third kappa shape index (κ3) is 3.38. The lowest BCUT2D eigenvalue weighted by molar-refractivity contribution is -0.384. The van der Waals surface area contributed by atoms with E-state index in [-0.39, 0.29) is 30.9 Å². The van der Waals surface area contributed by atoms with Gasteiger partial charge in [0.2, 0.25) is 11.6 Å². The number of aliphatic carboxylic acids is 1. The van der Waals surface area contributed by atoms with Crippen molar-refractivity contribution in [1.29, 1.82) is 0 Å². The van der Waals surface area contributed by atoms with Crippen molar-refractivity contribution in [2.45, 2.75) is 12.1 Å². The highest BCUT2D eigenvalue weighted by atomic mass is 19.1. The van der Waals surface area contributed by atoms with E-state index in [9.17, 15) is 24.1 Å². The number of rotatable bonds is 5. The highest BCUT2D eigenvalue weighted by molar-refractivity contribution is 5.85. The Morgan fingerprint density at radius 1 is 1.48 bits per heavy atom. The van der Waals surface area contributed by atoms with Crippen LogP contribution in [-0.2, 0) is 9.59 Å². The number of halogens is 1. The predicted molar refractivity (Wildman–Crippen MR) is 79.0 cm³/mol. The van der Waals surface area contributed by atoms with Crippen LogP contribution >= 0.6 is 0 Å². The van der Waals surface area contributed by atoms with Crippen LogP contribution < -0.4 is 4.90 Å². The van der Waals surface area contributed by atoms with E-state index < -0.39 is 29.0 Å². The Labute approximate surface area is 131 Å². The summed E-state index contributed by atoms with van der Waals surface area (Å²) in [5.41, 5.74) is -2.31. The van der Waals surface area contributed by atoms with Crippen LogP contribution in [0.15, 0.2) is 24.3 Å². The van der Waals surface area contributed by atoms with Crippen molar-refractivity contribution in [3.8, 4) is 0 Å². The van der Waals surface area contributed by atoms with E-state index in [1.807, 2.05) is 0 Å². The Balaban J connectivity index is 2.07. The van der Waals surface area contributed by atoms with Gasteiger partial charge in [0.25, 0.3) is 5.69 Å². The summed E-state index contributed by atoms with van der Waals surface area (Å²) in [6.07, 6.45) is -0.261. The molecule has 0 saturated carbocycles. The molecule has 1 aliphatic rings. The molecule has 1 N–H and O–H groups in total. The van der Waals surface area contributed by atoms with E-state index in [2.05, 4.69) is 0 Å². The molecule has 1 amide bonds. The fraction of sp³-hybridized carbons (Fsp3) is 0.429. The van der Waals surface area contributed by atoms with Crippen LogP contribution in [-0.4, -0.2) is 59.2 Å². The Morgan fingerprint density at radius 2 is 2.13 bits per heavy atom. The molecule has 0 bridgehead atoms. The molecule has 0 radical (unpaired) electrons. The molecule has 1 aromatic rings. The monoisotopic (exact) mass is 325 g/mol. The lowest BCUT2D eigenvalue weighted by Gasteiger charge is -2.23. The van der Waals surface area contributed by atoms with Crippen molar-refractivity contribution >= 4 is 23.3 Å². The molecule has 0 aromatic heterocycles. The largest absolute Gasteiger partial charge is 0.479 e. The van der Waals surface area contributed by atoms with Crippen molar-refractivity contribution in [3.63, 3.8) is 0 Å². The molecule has 1 fully saturated rings. The van der Waals surface area contributed by atoms with Gasteiger partial charge < -0.3 is 14.9 Å². The van der Waals surface area contributed by atoms with Crippen LogP contribution in [0.25, 0.3) is 0 Å². The van der Waals surface area contributed by atoms with Crippen LogP contribution in [0.3, 0.4) is 0 Å². The maximum absolute atomic E-state index is 14.0. The van der Waals surface area contributed by atoms with Crippen LogP contribution in [0.5, 0.6) is 0 Å². The number of nitrogens with zero attached hydrogens (tertiary/aromatic N) is 3. The average molecular weight is 325 g/mol. The summed E-state index contributed by atoms with van der Waals surface area (Å²) in [5, 5.41) is 19.8. The lowest BCUT2D eigenvalue weighted by Crippen LogP contribution is -2.42. The number of carbonyl (C=O) groups is 2. The molecule has 0 spiro atoms. The van der Waals surface area contributed by atoms with Gasteiger partial charge in [0, 0.05) is 26.1 Å². The van der Waals surface area contributed by atoms with Gasteiger partial charge in [-0.1, -0.05) is 12.1 Å². The summed E-state index contributed by atoms with van der Waals surface area (Å²) in [6, 6.07) is 5.95. The van der Waals surface area contributed by atoms with Crippen molar-refractivity contribution in [2.75, 3.05) is 31.6 Å². The number of carbonyl (C=O) groups excluding carboxylic acids is 1. The number of alkyl halides is 1. The number of benzene rings is 1. The zero-order valence-electron chi connectivity index (χ0n) is 12.4. The number of hydrogen-bond acceptors (Lipinski definition) is 5. The van der Waals surface area contributed by atoms with Crippen molar-refractivity contribution in [2.24, 2.45) is 0 Å². The first kappa shape index (κ1) is 16.7. The molecule has 1 unspecified atom stereocenters. The second kappa shape index (κ2) is 6.19. The minimum Gasteiger partial charge on any atom is -0.479 e. The first-order chi connectivity index (χ1) is 10.7. The molecule has 23 heavy (non-hydrogen) atoms. The predicted octanol–water partition coefficient (Wildman–Crippen LogP) is 1.06. The van der Waals surface area contributed by atoms with Crippen LogP contribution in [0, 0.1) is 10.1 Å². The third-order valence-corrected chi connectivity index (χ3v) is 3.82. The highest BCUT2D eigenvalue weighted by Gasteiger charge is 2.46. The van der Waals surface area contributed by atoms with E-state index >= 15 is 0 Å². The third-order valence-electron chi connectivity index (χ3n) is 3.82. The highest BCUT2D eigenvalue weighted by Crippen LogP contribution is 2.28. The van der Waals surface area contributed by atoms with E-state index in [0.717, 1.165) is 4.90 Å². The van der Waals surface area contributed by atoms with Gasteiger partial charge in [0.05, 0.1) is 18.0 Å². The molecule has 1 atom stereocenters. The molecular weight excluding hydrogens is 309 g/mol. The number of nitro groups is 1. The molecule has 1 saturated heterocycles. The molecule has 2 rings (SSSR count). The second-order valence-corrected chi connectivity index (χ2v) is 5.44. The van der Waals surface area contributed by atoms with Gasteiger partial charge >= 0.3 is 5.97 Å². The fourth-order valence-corrected chi connectivity index (χ4v) is 2.49. The normalized spacial score (nSPS) is 20.3. The molecule has 124 valence electrons. The maximum atomic E-state index is 14.0. The van der Waals surface area contributed by atoms with Gasteiger partial charge in [0.15, 0.2) is 0 Å². The summed E-state index contributed by atoms with van der Waals surface area (Å²) in [7, 11) is 1.51. The van der Waals surface area contributed by atoms with E-state index in [0.29, 0.717) is 0 Å². The quantitative estimate of drug-likeness (QED) is 0.641. The molecule has 8 nitrogen and oxygen atoms in total. The van der Waals surface area contributed by atoms with Gasteiger partial charge in [-0.15, -0.1) is 0 Å². The Morgan fingerprint density at radius 3 is 2.70 bits per heavy atom. The summed E-state index contributed by atoms with van der Waals surface area (Å²) < 4.78 is 14.0. The first-order valence-corrected chi connectivity index (χ1v) is 6.89. The van der Waals surface area contributed by atoms with E-state index in [1.54, 1.807) is 6.07 Å². The van der Waals surface area contributed by atoms with Gasteiger partial charge in [0.1, 0.15) is 5.69 Å². The number of amides is 1. The number of likely N-dealkylation sites (tertiary alicyclic amines) is 1. The van der Waals surface area contributed by atoms with Gasteiger partial charge in [-0.05, 0) is 6.07 Å². The Bertz CT molecular complexity index is 653. The molecule has 9 heteroatoms. The molecular formula is C14H16FN3O5. The molecule has 1 aliphatic heterocycles. The minimum atomic E-state index is -2.42. The summed E-state index contributed by atoms with van der Waals surface area (Å²) in [6.45, 7) is -0.710. The van der Waals surface area contributed by atoms with Crippen molar-refractivity contribution in [3.05, 3.63) is 34.4 Å². The van der Waals surface area contributed by atoms with Crippen molar-refractivity contribution < 1.29 is 24.0 Å². The Kier molecular flexibility index (Phi) is 4.48. The topological polar surface area (TPSA) is 104 Å². The Hall–Kier alpha value is -2.71. The number of anilines is 1. The van der Waals surface area contributed by atoms with Crippen LogP contribution in [0.1, 0.15) is 6.42 Å². The number of carboxylic acids is 1. The standard InChI is InChI=1S/C14H16FN3O5/c1-16(10-4-2-3-5-11(10)18(22)23)8-12(19)17-7-6-14(15,9-17)13(20)21/h2-5H,6-9H2,1H3,(H,20,21). The summed E-state index contributed by atoms with van der Waals surface area (Å²) >= 11 is 0. The number of nitro benzene ring substituents is 1. The second-order valence-electron chi connectivity index (χ2n) is 5.44. The number of hydrogen-bond donors (Lipinski definition) is 1. The molecule has 0 aliphatic carbocycles. The fourth-order valence-electron chi connectivity index (χ4n) is 2.49. The molecule has 1 heterocycles. The number of likely N-dealkylation sites (N-methyl/N-ethyl adjacent to an activating group) is 1. The maximum Gasteiger partial charge on any atom is 0.343 e. The number of carboxylic acid groups (broad SMARTS) is 1. The summed E-state index contributed by atoms with van der Waals surface area (Å²) in [4.78, 5) is 36.0. The minimum absolute atomic E-state index is 0.00631. The zero-order chi connectivity index (χ0) is 17.2. The lowest BCUT2D eigenvalue weighted by atomic mass is 10.1. The van der Waals surface area contributed by atoms with Gasteiger partial charge in [-0.2, -0.15) is 0 Å².